The van der Waals surface area contributed by atoms with Gasteiger partial charge in [0.05, 0.1) is 19.8 Å². The molecule has 1 aromatic carbocycles. The van der Waals surface area contributed by atoms with Crippen molar-refractivity contribution in [1.29, 1.82) is 0 Å². The number of ether oxygens (including phenoxy) is 1. The van der Waals surface area contributed by atoms with Crippen molar-refractivity contribution in [3.05, 3.63) is 35.9 Å². The molecular formula is C19H28N2O3. The zero-order valence-corrected chi connectivity index (χ0v) is 14.3. The molecular weight excluding hydrogens is 304 g/mol. The summed E-state index contributed by atoms with van der Waals surface area (Å²) in [5, 5.41) is 10.1. The summed E-state index contributed by atoms with van der Waals surface area (Å²) >= 11 is 0. The Hall–Kier alpha value is -1.43. The molecule has 1 N–H and O–H groups in total. The van der Waals surface area contributed by atoms with Gasteiger partial charge in [0.25, 0.3) is 0 Å². The summed E-state index contributed by atoms with van der Waals surface area (Å²) in [5.74, 6) is 0.221. The molecule has 2 heterocycles. The van der Waals surface area contributed by atoms with Gasteiger partial charge in [0, 0.05) is 38.0 Å². The highest BCUT2D eigenvalue weighted by atomic mass is 16.5. The number of benzene rings is 1. The van der Waals surface area contributed by atoms with E-state index in [-0.39, 0.29) is 17.9 Å². The number of amides is 1. The van der Waals surface area contributed by atoms with E-state index in [9.17, 15) is 9.90 Å². The van der Waals surface area contributed by atoms with Gasteiger partial charge in [0.15, 0.2) is 0 Å². The minimum atomic E-state index is -0.193. The van der Waals surface area contributed by atoms with Gasteiger partial charge in [0.1, 0.15) is 0 Å². The van der Waals surface area contributed by atoms with Crippen LogP contribution >= 0.6 is 0 Å². The molecule has 1 atom stereocenters. The summed E-state index contributed by atoms with van der Waals surface area (Å²) in [6, 6.07) is 10.3. The Morgan fingerprint density at radius 3 is 2.62 bits per heavy atom. The van der Waals surface area contributed by atoms with Gasteiger partial charge < -0.3 is 19.6 Å². The molecule has 1 unspecified atom stereocenters. The molecule has 5 nitrogen and oxygen atoms in total. The monoisotopic (exact) mass is 332 g/mol. The third kappa shape index (κ3) is 3.97. The maximum Gasteiger partial charge on any atom is 0.224 e. The van der Waals surface area contributed by atoms with Crippen LogP contribution in [0, 0.1) is 0 Å². The molecule has 3 rings (SSSR count). The normalized spacial score (nSPS) is 25.6. The van der Waals surface area contributed by atoms with Crippen LogP contribution in [-0.4, -0.2) is 73.4 Å². The predicted molar refractivity (Wildman–Crippen MR) is 92.9 cm³/mol. The number of aliphatic hydroxyl groups is 1. The number of rotatable bonds is 5. The van der Waals surface area contributed by atoms with Gasteiger partial charge >= 0.3 is 0 Å². The molecule has 5 heteroatoms. The molecule has 0 saturated carbocycles. The van der Waals surface area contributed by atoms with Crippen molar-refractivity contribution in [2.75, 3.05) is 52.5 Å². The minimum absolute atomic E-state index is 0.158. The van der Waals surface area contributed by atoms with Crippen LogP contribution in [0.4, 0.5) is 0 Å². The number of piperidine rings is 1. The number of aliphatic hydroxyl groups excluding tert-OH is 1. The maximum absolute atomic E-state index is 12.3. The molecule has 0 aliphatic carbocycles. The van der Waals surface area contributed by atoms with E-state index in [2.05, 4.69) is 17.0 Å². The van der Waals surface area contributed by atoms with E-state index in [1.807, 2.05) is 23.1 Å². The fraction of sp³-hybridized carbons (Fsp3) is 0.632. The second-order valence-corrected chi connectivity index (χ2v) is 6.93. The number of carbonyl (C=O) groups is 1. The van der Waals surface area contributed by atoms with Crippen LogP contribution in [0.1, 0.15) is 24.8 Å². The summed E-state index contributed by atoms with van der Waals surface area (Å²) in [6.07, 6.45) is 2.61. The molecule has 0 bridgehead atoms. The number of morpholine rings is 1. The second kappa shape index (κ2) is 8.10. The molecule has 2 saturated heterocycles. The minimum Gasteiger partial charge on any atom is -0.395 e. The van der Waals surface area contributed by atoms with Gasteiger partial charge in [-0.2, -0.15) is 0 Å². The lowest BCUT2D eigenvalue weighted by Crippen LogP contribution is -2.49. The largest absolute Gasteiger partial charge is 0.395 e. The number of likely N-dealkylation sites (tertiary alicyclic amines) is 1. The van der Waals surface area contributed by atoms with Crippen LogP contribution in [0.5, 0.6) is 0 Å². The third-order valence-electron chi connectivity index (χ3n) is 5.35. The van der Waals surface area contributed by atoms with Crippen molar-refractivity contribution in [3.8, 4) is 0 Å². The highest BCUT2D eigenvalue weighted by Gasteiger charge is 2.36. The molecule has 2 aliphatic heterocycles. The van der Waals surface area contributed by atoms with Gasteiger partial charge in [-0.1, -0.05) is 30.3 Å². The highest BCUT2D eigenvalue weighted by molar-refractivity contribution is 5.76. The average Bonchev–Trinajstić information content (AvgIpc) is 2.67. The summed E-state index contributed by atoms with van der Waals surface area (Å²) in [4.78, 5) is 16.6. The van der Waals surface area contributed by atoms with E-state index < -0.39 is 0 Å². The molecule has 1 aromatic rings. The summed E-state index contributed by atoms with van der Waals surface area (Å²) in [7, 11) is 0. The second-order valence-electron chi connectivity index (χ2n) is 6.93. The molecule has 0 aromatic heterocycles. The zero-order chi connectivity index (χ0) is 16.8. The first kappa shape index (κ1) is 17.4. The standard InChI is InChI=1S/C19H28N2O3/c22-16-19(17-5-2-1-3-6-17)8-4-9-20(15-19)10-7-18(23)21-11-13-24-14-12-21/h1-3,5-6,22H,4,7-16H2. The summed E-state index contributed by atoms with van der Waals surface area (Å²) in [6.45, 7) is 5.48. The molecule has 132 valence electrons. The van der Waals surface area contributed by atoms with E-state index in [1.54, 1.807) is 0 Å². The quantitative estimate of drug-likeness (QED) is 0.882. The van der Waals surface area contributed by atoms with Crippen LogP contribution in [0.25, 0.3) is 0 Å². The van der Waals surface area contributed by atoms with Crippen LogP contribution in [-0.2, 0) is 14.9 Å². The number of carbonyl (C=O) groups excluding carboxylic acids is 1. The fourth-order valence-electron chi connectivity index (χ4n) is 3.89. The Balaban J connectivity index is 1.57. The van der Waals surface area contributed by atoms with Crippen LogP contribution in [0.15, 0.2) is 30.3 Å². The fourth-order valence-corrected chi connectivity index (χ4v) is 3.89. The van der Waals surface area contributed by atoms with Gasteiger partial charge in [-0.3, -0.25) is 4.79 Å². The van der Waals surface area contributed by atoms with E-state index in [0.717, 1.165) is 32.5 Å². The van der Waals surface area contributed by atoms with E-state index in [1.165, 1.54) is 5.56 Å². The van der Waals surface area contributed by atoms with Crippen molar-refractivity contribution >= 4 is 5.91 Å². The summed E-state index contributed by atoms with van der Waals surface area (Å²) in [5.41, 5.74) is 1.01. The highest BCUT2D eigenvalue weighted by Crippen LogP contribution is 2.33. The predicted octanol–water partition coefficient (Wildman–Crippen LogP) is 1.26. The van der Waals surface area contributed by atoms with Gasteiger partial charge in [0.2, 0.25) is 5.91 Å². The van der Waals surface area contributed by atoms with Crippen molar-refractivity contribution in [2.45, 2.75) is 24.7 Å². The average molecular weight is 332 g/mol. The lowest BCUT2D eigenvalue weighted by molar-refractivity contribution is -0.135. The Kier molecular flexibility index (Phi) is 5.87. The van der Waals surface area contributed by atoms with Crippen LogP contribution < -0.4 is 0 Å². The Labute approximate surface area is 144 Å². The van der Waals surface area contributed by atoms with Crippen molar-refractivity contribution in [2.24, 2.45) is 0 Å². The molecule has 2 aliphatic rings. The molecule has 1 amide bonds. The third-order valence-corrected chi connectivity index (χ3v) is 5.35. The SMILES string of the molecule is O=C(CCN1CCCC(CO)(c2ccccc2)C1)N1CCOCC1. The maximum atomic E-state index is 12.3. The van der Waals surface area contributed by atoms with Gasteiger partial charge in [-0.05, 0) is 24.9 Å². The van der Waals surface area contributed by atoms with Crippen molar-refractivity contribution in [1.82, 2.24) is 9.80 Å². The smallest absolute Gasteiger partial charge is 0.224 e. The Bertz CT molecular complexity index is 531. The first-order valence-electron chi connectivity index (χ1n) is 8.98. The van der Waals surface area contributed by atoms with Gasteiger partial charge in [-0.15, -0.1) is 0 Å². The Morgan fingerprint density at radius 2 is 1.92 bits per heavy atom. The number of hydrogen-bond acceptors (Lipinski definition) is 4. The number of nitrogens with zero attached hydrogens (tertiary/aromatic N) is 2. The molecule has 2 fully saturated rings. The topological polar surface area (TPSA) is 53.0 Å². The Morgan fingerprint density at radius 1 is 1.17 bits per heavy atom. The van der Waals surface area contributed by atoms with Crippen LogP contribution in [0.2, 0.25) is 0 Å². The summed E-state index contributed by atoms with van der Waals surface area (Å²) < 4.78 is 5.30. The van der Waals surface area contributed by atoms with E-state index in [4.69, 9.17) is 4.74 Å². The zero-order valence-electron chi connectivity index (χ0n) is 14.3. The van der Waals surface area contributed by atoms with E-state index in [0.29, 0.717) is 32.7 Å². The lowest BCUT2D eigenvalue weighted by atomic mass is 9.74. The van der Waals surface area contributed by atoms with Crippen LogP contribution in [0.3, 0.4) is 0 Å². The molecule has 0 radical (unpaired) electrons. The van der Waals surface area contributed by atoms with Crippen molar-refractivity contribution < 1.29 is 14.6 Å². The van der Waals surface area contributed by atoms with E-state index >= 15 is 0 Å². The first-order chi connectivity index (χ1) is 11.7. The van der Waals surface area contributed by atoms with Gasteiger partial charge in [-0.25, -0.2) is 0 Å². The molecule has 24 heavy (non-hydrogen) atoms. The number of hydrogen-bond donors (Lipinski definition) is 1. The lowest BCUT2D eigenvalue weighted by Gasteiger charge is -2.42. The van der Waals surface area contributed by atoms with Crippen molar-refractivity contribution in [3.63, 3.8) is 0 Å². The molecule has 0 spiro atoms. The first-order valence-corrected chi connectivity index (χ1v) is 8.98.